The quantitative estimate of drug-likeness (QED) is 0.671. The topological polar surface area (TPSA) is 111 Å². The van der Waals surface area contributed by atoms with Crippen LogP contribution >= 0.6 is 0 Å². The molecule has 3 rings (SSSR count). The molecule has 1 N–H and O–H groups in total. The Kier molecular flexibility index (Phi) is 6.33. The summed E-state index contributed by atoms with van der Waals surface area (Å²) in [7, 11) is -2.36. The maximum absolute atomic E-state index is 13.1. The molecular weight excluding hydrogens is 396 g/mol. The zero-order chi connectivity index (χ0) is 21.0. The Morgan fingerprint density at radius 2 is 2.14 bits per heavy atom. The molecule has 10 heteroatoms. The molecule has 156 valence electrons. The van der Waals surface area contributed by atoms with Crippen molar-refractivity contribution in [1.82, 2.24) is 19.2 Å². The molecule has 0 aromatic carbocycles. The summed E-state index contributed by atoms with van der Waals surface area (Å²) in [6, 6.07) is 5.87. The minimum Gasteiger partial charge on any atom is -0.461 e. The van der Waals surface area contributed by atoms with Gasteiger partial charge in [0.25, 0.3) is 0 Å². The summed E-state index contributed by atoms with van der Waals surface area (Å²) in [6.45, 7) is 2.34. The highest BCUT2D eigenvalue weighted by atomic mass is 32.2. The molecule has 0 aliphatic carbocycles. The molecule has 29 heavy (non-hydrogen) atoms. The molecule has 0 spiro atoms. The van der Waals surface area contributed by atoms with Gasteiger partial charge in [-0.2, -0.15) is 4.31 Å². The predicted octanol–water partition coefficient (Wildman–Crippen LogP) is 1.07. The first-order valence-corrected chi connectivity index (χ1v) is 10.8. The lowest BCUT2D eigenvalue weighted by atomic mass is 10.2. The molecule has 0 unspecified atom stereocenters. The number of amides is 1. The van der Waals surface area contributed by atoms with Gasteiger partial charge in [0.2, 0.25) is 15.9 Å². The summed E-state index contributed by atoms with van der Waals surface area (Å²) in [6.07, 6.45) is 4.01. The van der Waals surface area contributed by atoms with Gasteiger partial charge in [0.05, 0.1) is 18.8 Å². The minimum absolute atomic E-state index is 0.0347. The fourth-order valence-corrected chi connectivity index (χ4v) is 5.03. The largest absolute Gasteiger partial charge is 0.461 e. The van der Waals surface area contributed by atoms with E-state index in [1.807, 2.05) is 6.07 Å². The van der Waals surface area contributed by atoms with Gasteiger partial charge < -0.3 is 14.6 Å². The first-order valence-electron chi connectivity index (χ1n) is 9.37. The van der Waals surface area contributed by atoms with Gasteiger partial charge >= 0.3 is 5.97 Å². The summed E-state index contributed by atoms with van der Waals surface area (Å²) in [5, 5.41) is 2.76. The fourth-order valence-electron chi connectivity index (χ4n) is 3.31. The molecule has 0 radical (unpaired) electrons. The Morgan fingerprint density at radius 1 is 1.34 bits per heavy atom. The van der Waals surface area contributed by atoms with Crippen LogP contribution in [-0.2, 0) is 33.1 Å². The van der Waals surface area contributed by atoms with E-state index in [-0.39, 0.29) is 36.2 Å². The zero-order valence-electron chi connectivity index (χ0n) is 16.4. The van der Waals surface area contributed by atoms with E-state index in [9.17, 15) is 18.0 Å². The molecule has 1 saturated heterocycles. The van der Waals surface area contributed by atoms with Crippen LogP contribution in [0.2, 0.25) is 0 Å². The first-order chi connectivity index (χ1) is 13.8. The van der Waals surface area contributed by atoms with Gasteiger partial charge in [0.1, 0.15) is 16.6 Å². The van der Waals surface area contributed by atoms with Crippen LogP contribution in [0.25, 0.3) is 0 Å². The van der Waals surface area contributed by atoms with E-state index in [0.29, 0.717) is 18.5 Å². The third kappa shape index (κ3) is 4.48. The fraction of sp³-hybridized carbons (Fsp3) is 0.421. The molecule has 1 aliphatic rings. The molecule has 0 saturated carbocycles. The van der Waals surface area contributed by atoms with E-state index in [2.05, 4.69) is 10.3 Å². The number of carbonyl (C=O) groups excluding carboxylic acids is 2. The second kappa shape index (κ2) is 8.75. The van der Waals surface area contributed by atoms with Crippen LogP contribution < -0.4 is 5.32 Å². The average molecular weight is 420 g/mol. The predicted molar refractivity (Wildman–Crippen MR) is 104 cm³/mol. The van der Waals surface area contributed by atoms with Crippen molar-refractivity contribution < 1.29 is 22.7 Å². The van der Waals surface area contributed by atoms with Crippen molar-refractivity contribution in [3.8, 4) is 0 Å². The number of esters is 1. The van der Waals surface area contributed by atoms with Crippen molar-refractivity contribution in [2.45, 2.75) is 37.2 Å². The number of aromatic nitrogens is 2. The molecule has 2 aromatic rings. The highest BCUT2D eigenvalue weighted by Gasteiger charge is 2.40. The molecule has 9 nitrogen and oxygen atoms in total. The maximum atomic E-state index is 13.1. The van der Waals surface area contributed by atoms with Crippen LogP contribution in [0.4, 0.5) is 0 Å². The van der Waals surface area contributed by atoms with E-state index in [1.165, 1.54) is 21.1 Å². The minimum atomic E-state index is -3.94. The summed E-state index contributed by atoms with van der Waals surface area (Å²) in [5.74, 6) is -0.958. The highest BCUT2D eigenvalue weighted by molar-refractivity contribution is 7.89. The van der Waals surface area contributed by atoms with Crippen molar-refractivity contribution in [2.75, 3.05) is 13.2 Å². The van der Waals surface area contributed by atoms with Gasteiger partial charge in [-0.1, -0.05) is 6.07 Å². The number of nitrogens with zero attached hydrogens (tertiary/aromatic N) is 3. The molecule has 2 aromatic heterocycles. The van der Waals surface area contributed by atoms with Gasteiger partial charge in [-0.25, -0.2) is 13.2 Å². The summed E-state index contributed by atoms with van der Waals surface area (Å²) >= 11 is 0. The number of rotatable bonds is 7. The number of carbonyl (C=O) groups is 2. The number of hydrogen-bond donors (Lipinski definition) is 1. The van der Waals surface area contributed by atoms with Crippen LogP contribution in [-0.4, -0.2) is 53.3 Å². The number of pyridine rings is 1. The Labute approximate surface area is 169 Å². The van der Waals surface area contributed by atoms with E-state index in [4.69, 9.17) is 4.74 Å². The van der Waals surface area contributed by atoms with E-state index >= 15 is 0 Å². The summed E-state index contributed by atoms with van der Waals surface area (Å²) in [5.41, 5.74) is 0.830. The lowest BCUT2D eigenvalue weighted by molar-refractivity contribution is -0.124. The third-order valence-corrected chi connectivity index (χ3v) is 6.62. The number of ether oxygens (including phenoxy) is 1. The van der Waals surface area contributed by atoms with E-state index in [0.717, 1.165) is 0 Å². The van der Waals surface area contributed by atoms with Crippen molar-refractivity contribution in [3.05, 3.63) is 48.0 Å². The summed E-state index contributed by atoms with van der Waals surface area (Å²) in [4.78, 5) is 28.8. The molecule has 1 amide bonds. The van der Waals surface area contributed by atoms with Gasteiger partial charge in [-0.05, 0) is 38.0 Å². The Hall–Kier alpha value is -2.72. The van der Waals surface area contributed by atoms with Gasteiger partial charge in [-0.15, -0.1) is 0 Å². The second-order valence-corrected chi connectivity index (χ2v) is 8.60. The average Bonchev–Trinajstić information content (AvgIpc) is 3.35. The van der Waals surface area contributed by atoms with Crippen LogP contribution in [0.1, 0.15) is 35.9 Å². The van der Waals surface area contributed by atoms with Gasteiger partial charge in [0.15, 0.2) is 0 Å². The highest BCUT2D eigenvalue weighted by Crippen LogP contribution is 2.27. The normalized spacial score (nSPS) is 17.2. The number of nitrogens with one attached hydrogen (secondary N) is 1. The zero-order valence-corrected chi connectivity index (χ0v) is 17.2. The van der Waals surface area contributed by atoms with Crippen LogP contribution in [0.3, 0.4) is 0 Å². The Morgan fingerprint density at radius 3 is 2.83 bits per heavy atom. The molecule has 1 aliphatic heterocycles. The number of sulfonamides is 1. The number of hydrogen-bond acceptors (Lipinski definition) is 6. The number of aryl methyl sites for hydroxylation is 1. The molecule has 3 heterocycles. The lowest BCUT2D eigenvalue weighted by Crippen LogP contribution is -2.45. The molecule has 1 atom stereocenters. The van der Waals surface area contributed by atoms with Crippen molar-refractivity contribution >= 4 is 21.9 Å². The van der Waals surface area contributed by atoms with E-state index in [1.54, 1.807) is 32.3 Å². The van der Waals surface area contributed by atoms with Crippen molar-refractivity contribution in [1.29, 1.82) is 0 Å². The Bertz CT molecular complexity index is 987. The van der Waals surface area contributed by atoms with Crippen LogP contribution in [0.5, 0.6) is 0 Å². The second-order valence-electron chi connectivity index (χ2n) is 6.71. The molecule has 1 fully saturated rings. The Balaban J connectivity index is 1.76. The standard InChI is InChI=1S/C19H24N4O5S/c1-3-28-19(25)17-11-15(13-22(17)2)29(26,27)23-10-6-8-16(23)18(24)21-12-14-7-4-5-9-20-14/h4-5,7,9,11,13,16H,3,6,8,10,12H2,1-2H3,(H,21,24)/t16-/m1/s1. The lowest BCUT2D eigenvalue weighted by Gasteiger charge is -2.22. The maximum Gasteiger partial charge on any atom is 0.354 e. The SMILES string of the molecule is CCOC(=O)c1cc(S(=O)(=O)N2CCC[C@@H]2C(=O)NCc2ccccn2)cn1C. The third-order valence-electron chi connectivity index (χ3n) is 4.75. The van der Waals surface area contributed by atoms with Crippen LogP contribution in [0, 0.1) is 0 Å². The van der Waals surface area contributed by atoms with Crippen molar-refractivity contribution in [3.63, 3.8) is 0 Å². The summed E-state index contributed by atoms with van der Waals surface area (Å²) < 4.78 is 33.8. The first kappa shape index (κ1) is 21.0. The molecule has 0 bridgehead atoms. The van der Waals surface area contributed by atoms with Gasteiger partial charge in [0, 0.05) is 26.0 Å². The van der Waals surface area contributed by atoms with Crippen molar-refractivity contribution in [2.24, 2.45) is 7.05 Å². The van der Waals surface area contributed by atoms with Crippen LogP contribution in [0.15, 0.2) is 41.6 Å². The smallest absolute Gasteiger partial charge is 0.354 e. The van der Waals surface area contributed by atoms with Gasteiger partial charge in [-0.3, -0.25) is 9.78 Å². The molecular formula is C19H24N4O5S. The van der Waals surface area contributed by atoms with E-state index < -0.39 is 22.0 Å². The monoisotopic (exact) mass is 420 g/mol.